The highest BCUT2D eigenvalue weighted by molar-refractivity contribution is 8.00. The lowest BCUT2D eigenvalue weighted by Gasteiger charge is -2.21. The molecule has 1 heterocycles. The van der Waals surface area contributed by atoms with Crippen LogP contribution in [0.15, 0.2) is 23.1 Å². The fourth-order valence-electron chi connectivity index (χ4n) is 2.27. The molecule has 0 aromatic heterocycles. The summed E-state index contributed by atoms with van der Waals surface area (Å²) in [6, 6.07) is 8.52. The lowest BCUT2D eigenvalue weighted by atomic mass is 10.1. The Bertz CT molecular complexity index is 531. The molecule has 1 fully saturated rings. The number of thioether (sulfide) groups is 1. The number of hydrogen-bond acceptors (Lipinski definition) is 4. The first-order chi connectivity index (χ1) is 9.89. The van der Waals surface area contributed by atoms with Crippen LogP contribution in [0.5, 0.6) is 0 Å². The van der Waals surface area contributed by atoms with Crippen LogP contribution in [-0.2, 0) is 11.3 Å². The van der Waals surface area contributed by atoms with Crippen LogP contribution < -0.4 is 5.32 Å². The summed E-state index contributed by atoms with van der Waals surface area (Å²) in [6.07, 6.45) is 1.33. The van der Waals surface area contributed by atoms with Gasteiger partial charge in [0.05, 0.1) is 11.7 Å². The van der Waals surface area contributed by atoms with Crippen LogP contribution in [0, 0.1) is 11.3 Å². The lowest BCUT2D eigenvalue weighted by molar-refractivity contribution is 0.127. The Morgan fingerprint density at radius 2 is 2.19 bits per heavy atom. The van der Waals surface area contributed by atoms with Crippen molar-refractivity contribution in [2.45, 2.75) is 62.4 Å². The molecule has 2 rings (SSSR count). The Hall–Kier alpha value is -1.02. The summed E-state index contributed by atoms with van der Waals surface area (Å²) in [4.78, 5) is 1.07. The van der Waals surface area contributed by atoms with Crippen molar-refractivity contribution in [3.05, 3.63) is 29.3 Å². The number of hydrogen-bond donors (Lipinski definition) is 1. The standard InChI is InChI=1S/C17H24N2OS/c1-12-15(7-8-20-12)21-16-6-5-13(9-14(16)10-18)11-19-17(2,3)4/h5-6,9,12,15,19H,7-8,11H2,1-4H3. The first kappa shape index (κ1) is 16.4. The Balaban J connectivity index is 2.08. The largest absolute Gasteiger partial charge is 0.377 e. The second kappa shape index (κ2) is 6.83. The van der Waals surface area contributed by atoms with Crippen molar-refractivity contribution in [3.63, 3.8) is 0 Å². The van der Waals surface area contributed by atoms with Crippen LogP contribution in [0.1, 0.15) is 45.2 Å². The molecule has 0 amide bonds. The van der Waals surface area contributed by atoms with Gasteiger partial charge in [-0.2, -0.15) is 5.26 Å². The van der Waals surface area contributed by atoms with Gasteiger partial charge in [0.15, 0.2) is 0 Å². The zero-order valence-corrected chi connectivity index (χ0v) is 14.1. The van der Waals surface area contributed by atoms with Gasteiger partial charge in [0.2, 0.25) is 0 Å². The van der Waals surface area contributed by atoms with E-state index >= 15 is 0 Å². The quantitative estimate of drug-likeness (QED) is 0.921. The van der Waals surface area contributed by atoms with E-state index < -0.39 is 0 Å². The van der Waals surface area contributed by atoms with Crippen molar-refractivity contribution in [2.24, 2.45) is 0 Å². The zero-order valence-electron chi connectivity index (χ0n) is 13.3. The van der Waals surface area contributed by atoms with Crippen molar-refractivity contribution in [2.75, 3.05) is 6.61 Å². The molecule has 2 atom stereocenters. The second-order valence-corrected chi connectivity index (χ2v) is 7.85. The number of nitrogens with one attached hydrogen (secondary N) is 1. The molecule has 1 N–H and O–H groups in total. The molecule has 2 unspecified atom stereocenters. The Morgan fingerprint density at radius 1 is 1.43 bits per heavy atom. The summed E-state index contributed by atoms with van der Waals surface area (Å²) in [7, 11) is 0. The molecular weight excluding hydrogens is 280 g/mol. The summed E-state index contributed by atoms with van der Waals surface area (Å²) < 4.78 is 5.60. The van der Waals surface area contributed by atoms with E-state index in [1.807, 2.05) is 6.07 Å². The van der Waals surface area contributed by atoms with E-state index in [-0.39, 0.29) is 11.6 Å². The first-order valence-corrected chi connectivity index (χ1v) is 8.33. The normalized spacial score (nSPS) is 22.2. The summed E-state index contributed by atoms with van der Waals surface area (Å²) >= 11 is 1.77. The van der Waals surface area contributed by atoms with Gasteiger partial charge >= 0.3 is 0 Å². The van der Waals surface area contributed by atoms with Crippen LogP contribution in [0.25, 0.3) is 0 Å². The van der Waals surface area contributed by atoms with Crippen molar-refractivity contribution < 1.29 is 4.74 Å². The van der Waals surface area contributed by atoms with E-state index in [2.05, 4.69) is 51.2 Å². The van der Waals surface area contributed by atoms with Gasteiger partial charge in [0.1, 0.15) is 6.07 Å². The highest BCUT2D eigenvalue weighted by Crippen LogP contribution is 2.34. The molecular formula is C17H24N2OS. The Morgan fingerprint density at radius 3 is 2.76 bits per heavy atom. The molecule has 1 aromatic carbocycles. The van der Waals surface area contributed by atoms with Crippen LogP contribution in [0.2, 0.25) is 0 Å². The maximum Gasteiger partial charge on any atom is 0.100 e. The molecule has 114 valence electrons. The third kappa shape index (κ3) is 4.74. The van der Waals surface area contributed by atoms with E-state index in [9.17, 15) is 5.26 Å². The van der Waals surface area contributed by atoms with Crippen molar-refractivity contribution in [1.29, 1.82) is 5.26 Å². The molecule has 0 saturated carbocycles. The van der Waals surface area contributed by atoms with E-state index in [0.717, 1.165) is 35.6 Å². The van der Waals surface area contributed by atoms with Crippen molar-refractivity contribution >= 4 is 11.8 Å². The van der Waals surface area contributed by atoms with Gasteiger partial charge in [-0.3, -0.25) is 0 Å². The van der Waals surface area contributed by atoms with Crippen LogP contribution >= 0.6 is 11.8 Å². The van der Waals surface area contributed by atoms with E-state index in [0.29, 0.717) is 5.25 Å². The number of benzene rings is 1. The molecule has 0 bridgehead atoms. The topological polar surface area (TPSA) is 45.0 Å². The lowest BCUT2D eigenvalue weighted by Crippen LogP contribution is -2.35. The summed E-state index contributed by atoms with van der Waals surface area (Å²) in [5, 5.41) is 13.3. The van der Waals surface area contributed by atoms with Gasteiger partial charge < -0.3 is 10.1 Å². The molecule has 1 saturated heterocycles. The van der Waals surface area contributed by atoms with Crippen LogP contribution in [0.4, 0.5) is 0 Å². The van der Waals surface area contributed by atoms with Gasteiger partial charge in [-0.1, -0.05) is 6.07 Å². The SMILES string of the molecule is CC1OCCC1Sc1ccc(CNC(C)(C)C)cc1C#N. The first-order valence-electron chi connectivity index (χ1n) is 7.45. The number of ether oxygens (including phenoxy) is 1. The van der Waals surface area contributed by atoms with E-state index in [4.69, 9.17) is 4.74 Å². The maximum absolute atomic E-state index is 9.40. The second-order valence-electron chi connectivity index (χ2n) is 6.57. The molecule has 1 aromatic rings. The predicted octanol–water partition coefficient (Wildman–Crippen LogP) is 3.72. The third-order valence-electron chi connectivity index (χ3n) is 3.57. The van der Waals surface area contributed by atoms with Gasteiger partial charge in [0.25, 0.3) is 0 Å². The maximum atomic E-state index is 9.40. The zero-order chi connectivity index (χ0) is 15.5. The highest BCUT2D eigenvalue weighted by Gasteiger charge is 2.26. The highest BCUT2D eigenvalue weighted by atomic mass is 32.2. The van der Waals surface area contributed by atoms with Crippen LogP contribution in [0.3, 0.4) is 0 Å². The molecule has 4 heteroatoms. The van der Waals surface area contributed by atoms with Crippen molar-refractivity contribution in [3.8, 4) is 6.07 Å². The number of nitriles is 1. The minimum Gasteiger partial charge on any atom is -0.377 e. The summed E-state index contributed by atoms with van der Waals surface area (Å²) in [5.74, 6) is 0. The number of nitrogens with zero attached hydrogens (tertiary/aromatic N) is 1. The van der Waals surface area contributed by atoms with Gasteiger partial charge in [-0.25, -0.2) is 0 Å². The molecule has 0 radical (unpaired) electrons. The monoisotopic (exact) mass is 304 g/mol. The molecule has 3 nitrogen and oxygen atoms in total. The average molecular weight is 304 g/mol. The predicted molar refractivity (Wildman–Crippen MR) is 87.4 cm³/mol. The molecule has 1 aliphatic heterocycles. The fourth-order valence-corrected chi connectivity index (χ4v) is 3.46. The van der Waals surface area contributed by atoms with E-state index in [1.54, 1.807) is 11.8 Å². The van der Waals surface area contributed by atoms with E-state index in [1.165, 1.54) is 0 Å². The number of rotatable bonds is 4. The molecule has 0 aliphatic carbocycles. The van der Waals surface area contributed by atoms with Gasteiger partial charge in [-0.15, -0.1) is 11.8 Å². The van der Waals surface area contributed by atoms with Crippen LogP contribution in [-0.4, -0.2) is 23.5 Å². The average Bonchev–Trinajstić information content (AvgIpc) is 2.82. The van der Waals surface area contributed by atoms with Gasteiger partial charge in [0, 0.05) is 28.8 Å². The molecule has 1 aliphatic rings. The smallest absolute Gasteiger partial charge is 0.100 e. The summed E-state index contributed by atoms with van der Waals surface area (Å²) in [5.41, 5.74) is 2.01. The van der Waals surface area contributed by atoms with Crippen molar-refractivity contribution in [1.82, 2.24) is 5.32 Å². The Kier molecular flexibility index (Phi) is 5.32. The fraction of sp³-hybridized carbons (Fsp3) is 0.588. The van der Waals surface area contributed by atoms with Gasteiger partial charge in [-0.05, 0) is 51.8 Å². The summed E-state index contributed by atoms with van der Waals surface area (Å²) in [6.45, 7) is 10.1. The molecule has 0 spiro atoms. The molecule has 21 heavy (non-hydrogen) atoms. The Labute approximate surface area is 132 Å². The minimum absolute atomic E-state index is 0.0802. The third-order valence-corrected chi connectivity index (χ3v) is 5.10. The minimum atomic E-state index is 0.0802.